The van der Waals surface area contributed by atoms with Gasteiger partial charge in [0, 0.05) is 42.6 Å². The number of ether oxygens (including phenoxy) is 2. The van der Waals surface area contributed by atoms with Gasteiger partial charge in [-0.15, -0.1) is 0 Å². The van der Waals surface area contributed by atoms with Gasteiger partial charge in [0.15, 0.2) is 0 Å². The van der Waals surface area contributed by atoms with E-state index in [-0.39, 0.29) is 0 Å². The highest BCUT2D eigenvalue weighted by atomic mass is 79.9. The fourth-order valence-corrected chi connectivity index (χ4v) is 1.93. The van der Waals surface area contributed by atoms with Crippen LogP contribution in [0.15, 0.2) is 35.1 Å². The van der Waals surface area contributed by atoms with Crippen molar-refractivity contribution in [3.63, 3.8) is 0 Å². The molecule has 0 bridgehead atoms. The first-order chi connectivity index (χ1) is 10.2. The molecule has 0 fully saturated rings. The van der Waals surface area contributed by atoms with Gasteiger partial charge in [-0.05, 0) is 30.7 Å². The molecular weight excluding hydrogens is 334 g/mol. The smallest absolute Gasteiger partial charge is 0.321 e. The van der Waals surface area contributed by atoms with Gasteiger partial charge in [-0.3, -0.25) is 0 Å². The summed E-state index contributed by atoms with van der Waals surface area (Å²) in [7, 11) is 1.68. The number of hydrogen-bond donors (Lipinski definition) is 1. The summed E-state index contributed by atoms with van der Waals surface area (Å²) in [5.41, 5.74) is 2.11. The SMILES string of the molecule is COCCNCc1cnc(Oc2ccc(Br)c(C)c2)nc1. The topological polar surface area (TPSA) is 56.3 Å². The van der Waals surface area contributed by atoms with Crippen molar-refractivity contribution in [1.29, 1.82) is 0 Å². The Morgan fingerprint density at radius 3 is 2.67 bits per heavy atom. The molecule has 1 aromatic carbocycles. The molecule has 0 atom stereocenters. The Hall–Kier alpha value is -1.50. The van der Waals surface area contributed by atoms with Crippen molar-refractivity contribution in [2.45, 2.75) is 13.5 Å². The summed E-state index contributed by atoms with van der Waals surface area (Å²) in [6, 6.07) is 6.10. The first-order valence-electron chi connectivity index (χ1n) is 6.63. The molecule has 1 aromatic heterocycles. The van der Waals surface area contributed by atoms with Gasteiger partial charge in [0.25, 0.3) is 0 Å². The Kier molecular flexibility index (Phi) is 6.10. The molecule has 2 aromatic rings. The third-order valence-electron chi connectivity index (χ3n) is 2.83. The molecule has 112 valence electrons. The number of aryl methyl sites for hydroxylation is 1. The summed E-state index contributed by atoms with van der Waals surface area (Å²) >= 11 is 3.46. The summed E-state index contributed by atoms with van der Waals surface area (Å²) < 4.78 is 11.6. The number of hydrogen-bond acceptors (Lipinski definition) is 5. The number of halogens is 1. The highest BCUT2D eigenvalue weighted by molar-refractivity contribution is 9.10. The molecule has 5 nitrogen and oxygen atoms in total. The van der Waals surface area contributed by atoms with Crippen molar-refractivity contribution >= 4 is 15.9 Å². The summed E-state index contributed by atoms with van der Waals surface area (Å²) in [6.07, 6.45) is 3.52. The molecule has 1 heterocycles. The molecule has 0 aliphatic carbocycles. The maximum absolute atomic E-state index is 5.63. The molecule has 0 saturated carbocycles. The molecule has 21 heavy (non-hydrogen) atoms. The van der Waals surface area contributed by atoms with Gasteiger partial charge in [-0.2, -0.15) is 0 Å². The van der Waals surface area contributed by atoms with Crippen LogP contribution in [-0.2, 0) is 11.3 Å². The lowest BCUT2D eigenvalue weighted by Gasteiger charge is -2.07. The van der Waals surface area contributed by atoms with Crippen LogP contribution in [0.4, 0.5) is 0 Å². The summed E-state index contributed by atoms with van der Waals surface area (Å²) in [4.78, 5) is 8.42. The van der Waals surface area contributed by atoms with Gasteiger partial charge in [0.2, 0.25) is 0 Å². The van der Waals surface area contributed by atoms with E-state index in [2.05, 4.69) is 31.2 Å². The number of benzene rings is 1. The molecular formula is C15H18BrN3O2. The minimum Gasteiger partial charge on any atom is -0.424 e. The average Bonchev–Trinajstić information content (AvgIpc) is 2.49. The number of rotatable bonds is 7. The Morgan fingerprint density at radius 2 is 2.00 bits per heavy atom. The van der Waals surface area contributed by atoms with Crippen molar-refractivity contribution in [3.05, 3.63) is 46.2 Å². The molecule has 0 unspecified atom stereocenters. The fourth-order valence-electron chi connectivity index (χ4n) is 1.68. The Bertz CT molecular complexity index is 576. The zero-order chi connectivity index (χ0) is 15.1. The standard InChI is InChI=1S/C15H18BrN3O2/c1-11-7-13(3-4-14(11)16)21-15-18-9-12(10-19-15)8-17-5-6-20-2/h3-4,7,9-10,17H,5-6,8H2,1-2H3. The lowest BCUT2D eigenvalue weighted by atomic mass is 10.2. The van der Waals surface area contributed by atoms with Crippen molar-refractivity contribution in [3.8, 4) is 11.8 Å². The Morgan fingerprint density at radius 1 is 1.24 bits per heavy atom. The molecule has 2 rings (SSSR count). The number of nitrogens with zero attached hydrogens (tertiary/aromatic N) is 2. The monoisotopic (exact) mass is 351 g/mol. The Balaban J connectivity index is 1.91. The average molecular weight is 352 g/mol. The predicted molar refractivity (Wildman–Crippen MR) is 84.6 cm³/mol. The molecule has 6 heteroatoms. The van der Waals surface area contributed by atoms with Crippen LogP contribution in [0.25, 0.3) is 0 Å². The minimum absolute atomic E-state index is 0.345. The van der Waals surface area contributed by atoms with Gasteiger partial charge in [0.05, 0.1) is 6.61 Å². The van der Waals surface area contributed by atoms with Crippen LogP contribution < -0.4 is 10.1 Å². The second-order valence-electron chi connectivity index (χ2n) is 4.56. The maximum Gasteiger partial charge on any atom is 0.321 e. The van der Waals surface area contributed by atoms with E-state index in [4.69, 9.17) is 9.47 Å². The molecule has 0 aliphatic heterocycles. The van der Waals surface area contributed by atoms with Gasteiger partial charge in [-0.1, -0.05) is 15.9 Å². The highest BCUT2D eigenvalue weighted by Crippen LogP contribution is 2.24. The molecule has 0 aliphatic rings. The fraction of sp³-hybridized carbons (Fsp3) is 0.333. The third-order valence-corrected chi connectivity index (χ3v) is 3.72. The third kappa shape index (κ3) is 5.08. The predicted octanol–water partition coefficient (Wildman–Crippen LogP) is 3.08. The maximum atomic E-state index is 5.63. The van der Waals surface area contributed by atoms with Crippen LogP contribution in [0, 0.1) is 6.92 Å². The van der Waals surface area contributed by atoms with Crippen LogP contribution in [0.2, 0.25) is 0 Å². The van der Waals surface area contributed by atoms with Crippen LogP contribution in [-0.4, -0.2) is 30.2 Å². The van der Waals surface area contributed by atoms with Crippen LogP contribution >= 0.6 is 15.9 Å². The van der Waals surface area contributed by atoms with E-state index >= 15 is 0 Å². The quantitative estimate of drug-likeness (QED) is 0.776. The summed E-state index contributed by atoms with van der Waals surface area (Å²) in [5, 5.41) is 3.23. The molecule has 0 spiro atoms. The highest BCUT2D eigenvalue weighted by Gasteiger charge is 2.03. The van der Waals surface area contributed by atoms with Crippen LogP contribution in [0.3, 0.4) is 0 Å². The lowest BCUT2D eigenvalue weighted by Crippen LogP contribution is -2.18. The number of aromatic nitrogens is 2. The second kappa shape index (κ2) is 8.07. The molecule has 0 radical (unpaired) electrons. The van der Waals surface area contributed by atoms with Gasteiger partial charge in [-0.25, -0.2) is 9.97 Å². The van der Waals surface area contributed by atoms with E-state index in [0.717, 1.165) is 27.9 Å². The molecule has 0 saturated heterocycles. The summed E-state index contributed by atoms with van der Waals surface area (Å²) in [5.74, 6) is 0.724. The van der Waals surface area contributed by atoms with Crippen molar-refractivity contribution in [2.24, 2.45) is 0 Å². The van der Waals surface area contributed by atoms with Crippen molar-refractivity contribution in [2.75, 3.05) is 20.3 Å². The van der Waals surface area contributed by atoms with E-state index in [1.54, 1.807) is 19.5 Å². The number of methoxy groups -OCH3 is 1. The van der Waals surface area contributed by atoms with E-state index < -0.39 is 0 Å². The Labute approximate surface area is 132 Å². The van der Waals surface area contributed by atoms with E-state index in [9.17, 15) is 0 Å². The lowest BCUT2D eigenvalue weighted by molar-refractivity contribution is 0.199. The van der Waals surface area contributed by atoms with E-state index in [1.807, 2.05) is 25.1 Å². The van der Waals surface area contributed by atoms with E-state index in [1.165, 1.54) is 0 Å². The zero-order valence-corrected chi connectivity index (χ0v) is 13.7. The van der Waals surface area contributed by atoms with Crippen LogP contribution in [0.1, 0.15) is 11.1 Å². The second-order valence-corrected chi connectivity index (χ2v) is 5.41. The van der Waals surface area contributed by atoms with Gasteiger partial charge in [0.1, 0.15) is 5.75 Å². The first-order valence-corrected chi connectivity index (χ1v) is 7.43. The largest absolute Gasteiger partial charge is 0.424 e. The van der Waals surface area contributed by atoms with Crippen LogP contribution in [0.5, 0.6) is 11.8 Å². The van der Waals surface area contributed by atoms with Gasteiger partial charge < -0.3 is 14.8 Å². The normalized spacial score (nSPS) is 10.6. The summed E-state index contributed by atoms with van der Waals surface area (Å²) in [6.45, 7) is 4.20. The molecule has 1 N–H and O–H groups in total. The first kappa shape index (κ1) is 15.9. The zero-order valence-electron chi connectivity index (χ0n) is 12.1. The van der Waals surface area contributed by atoms with Crippen molar-refractivity contribution in [1.82, 2.24) is 15.3 Å². The minimum atomic E-state index is 0.345. The number of nitrogens with one attached hydrogen (secondary N) is 1. The van der Waals surface area contributed by atoms with E-state index in [0.29, 0.717) is 19.2 Å². The molecule has 0 amide bonds. The van der Waals surface area contributed by atoms with Gasteiger partial charge >= 0.3 is 6.01 Å². The van der Waals surface area contributed by atoms with Crippen molar-refractivity contribution < 1.29 is 9.47 Å².